The molecule has 0 unspecified atom stereocenters. The van der Waals surface area contributed by atoms with Crippen molar-refractivity contribution in [3.05, 3.63) is 47.5 Å². The maximum absolute atomic E-state index is 12.0. The van der Waals surface area contributed by atoms with Crippen molar-refractivity contribution in [2.24, 2.45) is 0 Å². The summed E-state index contributed by atoms with van der Waals surface area (Å²) >= 11 is 0. The lowest BCUT2D eigenvalue weighted by Crippen LogP contribution is -2.28. The van der Waals surface area contributed by atoms with Gasteiger partial charge in [0.2, 0.25) is 5.75 Å². The van der Waals surface area contributed by atoms with Crippen molar-refractivity contribution in [1.82, 2.24) is 5.32 Å². The van der Waals surface area contributed by atoms with Crippen LogP contribution >= 0.6 is 0 Å². The van der Waals surface area contributed by atoms with E-state index in [1.165, 1.54) is 34.5 Å². The molecule has 0 bridgehead atoms. The smallest absolute Gasteiger partial charge is 0.338 e. The highest BCUT2D eigenvalue weighted by Crippen LogP contribution is 2.38. The van der Waals surface area contributed by atoms with Crippen molar-refractivity contribution in [2.75, 3.05) is 35.0 Å². The molecule has 0 aromatic heterocycles. The van der Waals surface area contributed by atoms with E-state index in [1.54, 1.807) is 30.3 Å². The van der Waals surface area contributed by atoms with Gasteiger partial charge in [-0.25, -0.2) is 4.79 Å². The van der Waals surface area contributed by atoms with Crippen molar-refractivity contribution >= 4 is 11.9 Å². The van der Waals surface area contributed by atoms with Crippen LogP contribution in [0.15, 0.2) is 36.4 Å². The van der Waals surface area contributed by atoms with Crippen molar-refractivity contribution in [2.45, 2.75) is 6.54 Å². The van der Waals surface area contributed by atoms with Crippen LogP contribution in [-0.4, -0.2) is 46.9 Å². The molecule has 0 atom stereocenters. The minimum Gasteiger partial charge on any atom is -0.497 e. The summed E-state index contributed by atoms with van der Waals surface area (Å²) < 4.78 is 25.9. The average Bonchev–Trinajstić information content (AvgIpc) is 2.74. The van der Waals surface area contributed by atoms with Gasteiger partial charge >= 0.3 is 5.97 Å². The van der Waals surface area contributed by atoms with Crippen molar-refractivity contribution in [3.63, 3.8) is 0 Å². The van der Waals surface area contributed by atoms with Gasteiger partial charge in [0, 0.05) is 6.54 Å². The zero-order valence-corrected chi connectivity index (χ0v) is 16.2. The molecular formula is C20H23NO7. The number of amides is 1. The van der Waals surface area contributed by atoms with Gasteiger partial charge in [-0.05, 0) is 35.9 Å². The quantitative estimate of drug-likeness (QED) is 0.657. The third kappa shape index (κ3) is 5.29. The molecule has 28 heavy (non-hydrogen) atoms. The molecule has 8 nitrogen and oxygen atoms in total. The summed E-state index contributed by atoms with van der Waals surface area (Å²) in [4.78, 5) is 24.0. The SMILES string of the molecule is COc1cccc(C(=O)OCC(=O)NCc2cc(OC)c(OC)c(OC)c2)c1. The van der Waals surface area contributed by atoms with E-state index in [0.29, 0.717) is 28.6 Å². The molecular weight excluding hydrogens is 366 g/mol. The fraction of sp³-hybridized carbons (Fsp3) is 0.300. The average molecular weight is 389 g/mol. The van der Waals surface area contributed by atoms with Gasteiger partial charge in [0.15, 0.2) is 18.1 Å². The number of nitrogens with one attached hydrogen (secondary N) is 1. The molecule has 150 valence electrons. The number of hydrogen-bond donors (Lipinski definition) is 1. The molecule has 0 aliphatic rings. The zero-order chi connectivity index (χ0) is 20.5. The van der Waals surface area contributed by atoms with Gasteiger partial charge in [0.1, 0.15) is 5.75 Å². The summed E-state index contributed by atoms with van der Waals surface area (Å²) in [7, 11) is 6.04. The normalized spacial score (nSPS) is 10.0. The Morgan fingerprint density at radius 1 is 0.893 bits per heavy atom. The Kier molecular flexibility index (Phi) is 7.50. The first kappa shape index (κ1) is 20.9. The van der Waals surface area contributed by atoms with Crippen LogP contribution in [0.5, 0.6) is 23.0 Å². The second-order valence-electron chi connectivity index (χ2n) is 5.62. The first-order valence-electron chi connectivity index (χ1n) is 8.39. The number of methoxy groups -OCH3 is 4. The fourth-order valence-corrected chi connectivity index (χ4v) is 2.45. The minimum absolute atomic E-state index is 0.201. The van der Waals surface area contributed by atoms with E-state index in [-0.39, 0.29) is 6.54 Å². The van der Waals surface area contributed by atoms with Gasteiger partial charge < -0.3 is 29.0 Å². The van der Waals surface area contributed by atoms with Crippen LogP contribution < -0.4 is 24.3 Å². The summed E-state index contributed by atoms with van der Waals surface area (Å²) in [6.07, 6.45) is 0. The Morgan fingerprint density at radius 3 is 2.14 bits per heavy atom. The summed E-state index contributed by atoms with van der Waals surface area (Å²) in [5.74, 6) is 0.909. The Balaban J connectivity index is 1.92. The molecule has 0 saturated heterocycles. The molecule has 0 spiro atoms. The van der Waals surface area contributed by atoms with Gasteiger partial charge in [-0.2, -0.15) is 0 Å². The fourth-order valence-electron chi connectivity index (χ4n) is 2.45. The molecule has 0 aliphatic carbocycles. The standard InChI is InChI=1S/C20H23NO7/c1-24-15-7-5-6-14(10-15)20(23)28-12-18(22)21-11-13-8-16(25-2)19(27-4)17(9-13)26-3/h5-10H,11-12H2,1-4H3,(H,21,22). The first-order valence-corrected chi connectivity index (χ1v) is 8.39. The molecule has 0 heterocycles. The van der Waals surface area contributed by atoms with E-state index < -0.39 is 18.5 Å². The molecule has 0 saturated carbocycles. The maximum Gasteiger partial charge on any atom is 0.338 e. The van der Waals surface area contributed by atoms with Gasteiger partial charge in [0.25, 0.3) is 5.91 Å². The van der Waals surface area contributed by atoms with E-state index in [1.807, 2.05) is 0 Å². The van der Waals surface area contributed by atoms with E-state index in [2.05, 4.69) is 5.32 Å². The predicted molar refractivity (Wildman–Crippen MR) is 101 cm³/mol. The third-order valence-corrected chi connectivity index (χ3v) is 3.85. The van der Waals surface area contributed by atoms with Gasteiger partial charge in [-0.15, -0.1) is 0 Å². The number of benzene rings is 2. The highest BCUT2D eigenvalue weighted by atomic mass is 16.5. The molecule has 1 amide bonds. The Hall–Kier alpha value is -3.42. The molecule has 0 radical (unpaired) electrons. The second kappa shape index (κ2) is 10.1. The lowest BCUT2D eigenvalue weighted by molar-refractivity contribution is -0.124. The molecule has 2 aromatic carbocycles. The van der Waals surface area contributed by atoms with Crippen molar-refractivity contribution < 1.29 is 33.3 Å². The topological polar surface area (TPSA) is 92.3 Å². The van der Waals surface area contributed by atoms with Gasteiger partial charge in [-0.1, -0.05) is 6.07 Å². The van der Waals surface area contributed by atoms with Crippen LogP contribution in [0.3, 0.4) is 0 Å². The van der Waals surface area contributed by atoms with E-state index in [9.17, 15) is 9.59 Å². The van der Waals surface area contributed by atoms with E-state index in [0.717, 1.165) is 5.56 Å². The maximum atomic E-state index is 12.0. The van der Waals surface area contributed by atoms with Crippen molar-refractivity contribution in [3.8, 4) is 23.0 Å². The molecule has 8 heteroatoms. The number of ether oxygens (including phenoxy) is 5. The second-order valence-corrected chi connectivity index (χ2v) is 5.62. The summed E-state index contributed by atoms with van der Waals surface area (Å²) in [5.41, 5.74) is 1.04. The molecule has 2 aromatic rings. The molecule has 0 aliphatic heterocycles. The van der Waals surface area contributed by atoms with E-state index >= 15 is 0 Å². The molecule has 1 N–H and O–H groups in total. The lowest BCUT2D eigenvalue weighted by Gasteiger charge is -2.14. The third-order valence-electron chi connectivity index (χ3n) is 3.85. The predicted octanol–water partition coefficient (Wildman–Crippen LogP) is 2.19. The molecule has 0 fully saturated rings. The Bertz CT molecular complexity index is 810. The zero-order valence-electron chi connectivity index (χ0n) is 16.2. The van der Waals surface area contributed by atoms with Crippen LogP contribution in [0.1, 0.15) is 15.9 Å². The van der Waals surface area contributed by atoms with Crippen LogP contribution in [0.4, 0.5) is 0 Å². The number of carbonyl (C=O) groups excluding carboxylic acids is 2. The highest BCUT2D eigenvalue weighted by Gasteiger charge is 2.14. The monoisotopic (exact) mass is 389 g/mol. The number of rotatable bonds is 9. The number of esters is 1. The van der Waals surface area contributed by atoms with Crippen LogP contribution in [0, 0.1) is 0 Å². The van der Waals surface area contributed by atoms with E-state index in [4.69, 9.17) is 23.7 Å². The largest absolute Gasteiger partial charge is 0.497 e. The van der Waals surface area contributed by atoms with Crippen LogP contribution in [0.25, 0.3) is 0 Å². The number of hydrogen-bond acceptors (Lipinski definition) is 7. The number of carbonyl (C=O) groups is 2. The van der Waals surface area contributed by atoms with Crippen molar-refractivity contribution in [1.29, 1.82) is 0 Å². The van der Waals surface area contributed by atoms with Crippen LogP contribution in [0.2, 0.25) is 0 Å². The van der Waals surface area contributed by atoms with Crippen LogP contribution in [-0.2, 0) is 16.1 Å². The van der Waals surface area contributed by atoms with Gasteiger partial charge in [0.05, 0.1) is 34.0 Å². The molecule has 2 rings (SSSR count). The lowest BCUT2D eigenvalue weighted by atomic mass is 10.1. The summed E-state index contributed by atoms with van der Waals surface area (Å²) in [6, 6.07) is 9.95. The Morgan fingerprint density at radius 2 is 1.57 bits per heavy atom. The minimum atomic E-state index is -0.609. The summed E-state index contributed by atoms with van der Waals surface area (Å²) in [5, 5.41) is 2.68. The highest BCUT2D eigenvalue weighted by molar-refractivity contribution is 5.91. The van der Waals surface area contributed by atoms with Gasteiger partial charge in [-0.3, -0.25) is 4.79 Å². The first-order chi connectivity index (χ1) is 13.5. The Labute approximate surface area is 163 Å². The summed E-state index contributed by atoms with van der Waals surface area (Å²) in [6.45, 7) is -0.202.